The van der Waals surface area contributed by atoms with Crippen molar-refractivity contribution in [1.29, 1.82) is 0 Å². The van der Waals surface area contributed by atoms with Gasteiger partial charge in [-0.1, -0.05) is 76.3 Å². The van der Waals surface area contributed by atoms with Gasteiger partial charge in [-0.2, -0.15) is 0 Å². The summed E-state index contributed by atoms with van der Waals surface area (Å²) in [5, 5.41) is 3.29. The van der Waals surface area contributed by atoms with Crippen LogP contribution in [0.2, 0.25) is 5.02 Å². The van der Waals surface area contributed by atoms with Gasteiger partial charge in [0.25, 0.3) is 5.91 Å². The van der Waals surface area contributed by atoms with E-state index in [0.29, 0.717) is 30.5 Å². The molecule has 1 aromatic rings. The molecule has 1 aliphatic rings. The minimum Gasteiger partial charge on any atom is -0.484 e. The highest BCUT2D eigenvalue weighted by molar-refractivity contribution is 6.30. The number of benzene rings is 1. The van der Waals surface area contributed by atoms with Gasteiger partial charge in [0, 0.05) is 18.1 Å². The Morgan fingerprint density at radius 1 is 1.00 bits per heavy atom. The summed E-state index contributed by atoms with van der Waals surface area (Å²) in [4.78, 5) is 38.7. The molecule has 0 spiro atoms. The van der Waals surface area contributed by atoms with Crippen molar-refractivity contribution in [2.24, 2.45) is 0 Å². The van der Waals surface area contributed by atoms with Crippen LogP contribution in [-0.2, 0) is 19.1 Å². The summed E-state index contributed by atoms with van der Waals surface area (Å²) < 4.78 is 10.8. The van der Waals surface area contributed by atoms with Gasteiger partial charge in [-0.15, -0.1) is 0 Å². The molecular weight excluding hydrogens is 456 g/mol. The van der Waals surface area contributed by atoms with Crippen LogP contribution in [0.5, 0.6) is 5.75 Å². The zero-order valence-corrected chi connectivity index (χ0v) is 21.1. The van der Waals surface area contributed by atoms with E-state index in [4.69, 9.17) is 21.1 Å². The Morgan fingerprint density at radius 3 is 2.26 bits per heavy atom. The Labute approximate surface area is 208 Å². The summed E-state index contributed by atoms with van der Waals surface area (Å²) in [5.41, 5.74) is 0. The van der Waals surface area contributed by atoms with Crippen LogP contribution in [0.15, 0.2) is 24.3 Å². The Kier molecular flexibility index (Phi) is 13.5. The van der Waals surface area contributed by atoms with Gasteiger partial charge in [0.1, 0.15) is 11.8 Å². The number of ether oxygens (including phenoxy) is 2. The number of carbonyl (C=O) groups excluding carboxylic acids is 3. The number of halogens is 1. The Morgan fingerprint density at radius 2 is 1.62 bits per heavy atom. The molecule has 0 saturated carbocycles. The number of amides is 2. The maximum atomic E-state index is 12.7. The molecule has 0 aliphatic carbocycles. The minimum absolute atomic E-state index is 0.156. The van der Waals surface area contributed by atoms with Crippen molar-refractivity contribution >= 4 is 29.4 Å². The first kappa shape index (κ1) is 28.0. The molecule has 190 valence electrons. The van der Waals surface area contributed by atoms with Gasteiger partial charge in [-0.25, -0.2) is 0 Å². The lowest BCUT2D eigenvalue weighted by Crippen LogP contribution is -2.58. The molecule has 1 fully saturated rings. The highest BCUT2D eigenvalue weighted by Gasteiger charge is 2.35. The normalized spacial score (nSPS) is 15.6. The van der Waals surface area contributed by atoms with E-state index in [1.165, 1.54) is 49.8 Å². The highest BCUT2D eigenvalue weighted by atomic mass is 35.5. The van der Waals surface area contributed by atoms with Crippen molar-refractivity contribution in [2.45, 2.75) is 83.6 Å². The number of nitrogens with zero attached hydrogens (tertiary/aromatic N) is 1. The van der Waals surface area contributed by atoms with Gasteiger partial charge < -0.3 is 19.7 Å². The van der Waals surface area contributed by atoms with Gasteiger partial charge in [0.05, 0.1) is 13.0 Å². The third-order valence-corrected chi connectivity index (χ3v) is 6.20. The first-order chi connectivity index (χ1) is 16.5. The van der Waals surface area contributed by atoms with Crippen molar-refractivity contribution in [3.05, 3.63) is 29.3 Å². The number of hydrogen-bond donors (Lipinski definition) is 1. The van der Waals surface area contributed by atoms with Crippen LogP contribution in [0.25, 0.3) is 0 Å². The Bertz CT molecular complexity index is 756. The number of piperazine rings is 1. The second-order valence-corrected chi connectivity index (χ2v) is 9.18. The molecule has 0 radical (unpaired) electrons. The minimum atomic E-state index is -0.879. The van der Waals surface area contributed by atoms with E-state index >= 15 is 0 Å². The largest absolute Gasteiger partial charge is 0.484 e. The van der Waals surface area contributed by atoms with Crippen LogP contribution in [0.4, 0.5) is 0 Å². The zero-order chi connectivity index (χ0) is 24.6. The van der Waals surface area contributed by atoms with Crippen molar-refractivity contribution < 1.29 is 23.9 Å². The van der Waals surface area contributed by atoms with Gasteiger partial charge in [-0.05, 0) is 30.7 Å². The molecular formula is C26H39ClN2O5. The van der Waals surface area contributed by atoms with Crippen LogP contribution < -0.4 is 10.1 Å². The van der Waals surface area contributed by atoms with E-state index in [1.54, 1.807) is 24.3 Å². The molecule has 1 heterocycles. The molecule has 1 saturated heterocycles. The lowest BCUT2D eigenvalue weighted by Gasteiger charge is -2.34. The van der Waals surface area contributed by atoms with E-state index in [-0.39, 0.29) is 24.8 Å². The van der Waals surface area contributed by atoms with Crippen LogP contribution in [-0.4, -0.2) is 55.0 Å². The number of unbranched alkanes of at least 4 members (excludes halogenated alkanes) is 9. The van der Waals surface area contributed by atoms with E-state index in [2.05, 4.69) is 12.2 Å². The van der Waals surface area contributed by atoms with Crippen molar-refractivity contribution in [3.8, 4) is 5.75 Å². The lowest BCUT2D eigenvalue weighted by atomic mass is 10.1. The third-order valence-electron chi connectivity index (χ3n) is 5.95. The fraction of sp³-hybridized carbons (Fsp3) is 0.654. The quantitative estimate of drug-likeness (QED) is 0.261. The molecule has 7 nitrogen and oxygen atoms in total. The number of hydrogen-bond acceptors (Lipinski definition) is 5. The Hall–Kier alpha value is -2.28. The van der Waals surface area contributed by atoms with E-state index in [1.807, 2.05) is 0 Å². The zero-order valence-electron chi connectivity index (χ0n) is 20.4. The summed E-state index contributed by atoms with van der Waals surface area (Å²) in [6, 6.07) is 5.80. The molecule has 1 N–H and O–H groups in total. The standard InChI is InChI=1S/C26H39ClN2O5/c1-2-3-4-5-6-7-8-9-10-11-18-33-25(31)19-23-26(32)28-16-17-29(23)24(30)20-34-22-14-12-21(27)13-15-22/h12-15,23H,2-11,16-20H2,1H3,(H,28,32). The summed E-state index contributed by atoms with van der Waals surface area (Å²) in [5.74, 6) is -0.652. The third kappa shape index (κ3) is 10.8. The smallest absolute Gasteiger partial charge is 0.308 e. The summed E-state index contributed by atoms with van der Waals surface area (Å²) in [7, 11) is 0. The van der Waals surface area contributed by atoms with Gasteiger partial charge in [-0.3, -0.25) is 14.4 Å². The SMILES string of the molecule is CCCCCCCCCCCCOC(=O)CC1C(=O)NCCN1C(=O)COc1ccc(Cl)cc1. The molecule has 8 heteroatoms. The average molecular weight is 495 g/mol. The number of rotatable bonds is 16. The average Bonchev–Trinajstić information content (AvgIpc) is 2.83. The maximum absolute atomic E-state index is 12.7. The van der Waals surface area contributed by atoms with Crippen LogP contribution in [0.3, 0.4) is 0 Å². The molecule has 2 rings (SSSR count). The van der Waals surface area contributed by atoms with E-state index in [9.17, 15) is 14.4 Å². The first-order valence-electron chi connectivity index (χ1n) is 12.6. The van der Waals surface area contributed by atoms with Crippen molar-refractivity contribution in [2.75, 3.05) is 26.3 Å². The molecule has 0 bridgehead atoms. The van der Waals surface area contributed by atoms with Crippen molar-refractivity contribution in [3.63, 3.8) is 0 Å². The van der Waals surface area contributed by atoms with Crippen LogP contribution >= 0.6 is 11.6 Å². The topological polar surface area (TPSA) is 84.9 Å². The molecule has 1 unspecified atom stereocenters. The summed E-state index contributed by atoms with van der Waals surface area (Å²) >= 11 is 5.85. The van der Waals surface area contributed by atoms with Crippen LogP contribution in [0.1, 0.15) is 77.6 Å². The van der Waals surface area contributed by atoms with Crippen LogP contribution in [0, 0.1) is 0 Å². The molecule has 0 aromatic heterocycles. The Balaban J connectivity index is 1.65. The van der Waals surface area contributed by atoms with Crippen molar-refractivity contribution in [1.82, 2.24) is 10.2 Å². The predicted octanol–water partition coefficient (Wildman–Crippen LogP) is 4.90. The second kappa shape index (κ2) is 16.4. The summed E-state index contributed by atoms with van der Waals surface area (Å²) in [6.07, 6.45) is 11.9. The lowest BCUT2D eigenvalue weighted by molar-refractivity contribution is -0.152. The summed E-state index contributed by atoms with van der Waals surface area (Å²) in [6.45, 7) is 3.02. The predicted molar refractivity (Wildman–Crippen MR) is 133 cm³/mol. The van der Waals surface area contributed by atoms with Gasteiger partial charge in [0.15, 0.2) is 6.61 Å². The molecule has 1 atom stereocenters. The van der Waals surface area contributed by atoms with E-state index < -0.39 is 12.0 Å². The molecule has 2 amide bonds. The first-order valence-corrected chi connectivity index (χ1v) is 13.0. The molecule has 34 heavy (non-hydrogen) atoms. The van der Waals surface area contributed by atoms with Gasteiger partial charge >= 0.3 is 5.97 Å². The molecule has 1 aromatic carbocycles. The van der Waals surface area contributed by atoms with E-state index in [0.717, 1.165) is 19.3 Å². The second-order valence-electron chi connectivity index (χ2n) is 8.74. The number of carbonyl (C=O) groups is 3. The molecule has 1 aliphatic heterocycles. The van der Waals surface area contributed by atoms with Gasteiger partial charge in [0.2, 0.25) is 5.91 Å². The monoisotopic (exact) mass is 494 g/mol. The fourth-order valence-electron chi connectivity index (χ4n) is 3.97. The highest BCUT2D eigenvalue weighted by Crippen LogP contribution is 2.17. The number of esters is 1. The maximum Gasteiger partial charge on any atom is 0.308 e. The number of nitrogens with one attached hydrogen (secondary N) is 1. The fourth-order valence-corrected chi connectivity index (χ4v) is 4.09.